The molecule has 3 aromatic rings. The van der Waals surface area contributed by atoms with Crippen molar-refractivity contribution in [1.82, 2.24) is 15.1 Å². The van der Waals surface area contributed by atoms with E-state index in [1.54, 1.807) is 11.0 Å². The first kappa shape index (κ1) is 22.0. The summed E-state index contributed by atoms with van der Waals surface area (Å²) < 4.78 is 5.71. The monoisotopic (exact) mass is 458 g/mol. The number of hydrogen-bond donors (Lipinski definition) is 2. The number of H-pyrrole nitrogens is 1. The molecule has 0 unspecified atom stereocenters. The molecular formula is C26H26N4O4. The molecule has 2 aromatic carbocycles. The quantitative estimate of drug-likeness (QED) is 0.398. The zero-order valence-corrected chi connectivity index (χ0v) is 18.8. The first-order valence-corrected chi connectivity index (χ1v) is 11.7. The van der Waals surface area contributed by atoms with E-state index in [-0.39, 0.29) is 28.9 Å². The maximum Gasteiger partial charge on any atom is 0.258 e. The zero-order valence-electron chi connectivity index (χ0n) is 18.8. The lowest BCUT2D eigenvalue weighted by molar-refractivity contribution is 0.0748. The number of phenolic OH excluding ortho intramolecular Hbond substituents is 1. The summed E-state index contributed by atoms with van der Waals surface area (Å²) in [6, 6.07) is 10.9. The molecule has 0 saturated heterocycles. The maximum absolute atomic E-state index is 13.4. The van der Waals surface area contributed by atoms with Gasteiger partial charge in [0.15, 0.2) is 5.78 Å². The lowest BCUT2D eigenvalue weighted by atomic mass is 9.97. The van der Waals surface area contributed by atoms with Crippen molar-refractivity contribution in [2.45, 2.75) is 51.6 Å². The van der Waals surface area contributed by atoms with E-state index in [1.807, 2.05) is 18.2 Å². The summed E-state index contributed by atoms with van der Waals surface area (Å²) in [6.45, 7) is 1.30. The first-order chi connectivity index (χ1) is 16.5. The van der Waals surface area contributed by atoms with Gasteiger partial charge in [-0.05, 0) is 48.6 Å². The second-order valence-corrected chi connectivity index (χ2v) is 9.03. The smallest absolute Gasteiger partial charge is 0.258 e. The van der Waals surface area contributed by atoms with Gasteiger partial charge in [-0.25, -0.2) is 0 Å². The number of carbonyl (C=O) groups excluding carboxylic acids is 2. The minimum Gasteiger partial charge on any atom is -0.507 e. The molecule has 1 fully saturated rings. The van der Waals surface area contributed by atoms with Crippen LogP contribution in [0, 0.1) is 17.2 Å². The molecule has 174 valence electrons. The molecule has 5 rings (SSSR count). The average molecular weight is 459 g/mol. The number of benzene rings is 2. The van der Waals surface area contributed by atoms with Gasteiger partial charge in [0.1, 0.15) is 17.2 Å². The number of aromatic nitrogens is 2. The molecule has 2 aliphatic rings. The number of ketones is 1. The van der Waals surface area contributed by atoms with Crippen LogP contribution < -0.4 is 4.74 Å². The minimum atomic E-state index is -0.299. The molecular weight excluding hydrogens is 432 g/mol. The molecule has 2 N–H and O–H groups in total. The van der Waals surface area contributed by atoms with Crippen LogP contribution in [-0.4, -0.2) is 38.5 Å². The molecule has 1 aromatic heterocycles. The van der Waals surface area contributed by atoms with Crippen molar-refractivity contribution in [1.29, 1.82) is 5.26 Å². The maximum atomic E-state index is 13.4. The predicted molar refractivity (Wildman–Crippen MR) is 124 cm³/mol. The van der Waals surface area contributed by atoms with E-state index in [4.69, 9.17) is 10.00 Å². The highest BCUT2D eigenvalue weighted by atomic mass is 16.5. The van der Waals surface area contributed by atoms with Crippen LogP contribution in [0.5, 0.6) is 11.5 Å². The summed E-state index contributed by atoms with van der Waals surface area (Å²) in [5.74, 6) is 0.252. The molecule has 1 aliphatic carbocycles. The van der Waals surface area contributed by atoms with Gasteiger partial charge >= 0.3 is 0 Å². The van der Waals surface area contributed by atoms with Gasteiger partial charge in [0.25, 0.3) is 5.91 Å². The van der Waals surface area contributed by atoms with E-state index in [1.165, 1.54) is 6.07 Å². The van der Waals surface area contributed by atoms with E-state index in [9.17, 15) is 14.7 Å². The van der Waals surface area contributed by atoms with Crippen molar-refractivity contribution >= 4 is 22.6 Å². The van der Waals surface area contributed by atoms with Gasteiger partial charge in [-0.2, -0.15) is 10.4 Å². The van der Waals surface area contributed by atoms with Crippen LogP contribution in [0.15, 0.2) is 30.3 Å². The highest BCUT2D eigenvalue weighted by Crippen LogP contribution is 2.34. The Hall–Kier alpha value is -3.86. The van der Waals surface area contributed by atoms with E-state index in [0.29, 0.717) is 54.9 Å². The third kappa shape index (κ3) is 4.10. The predicted octanol–water partition coefficient (Wildman–Crippen LogP) is 4.48. The van der Waals surface area contributed by atoms with E-state index < -0.39 is 0 Å². The number of nitrogens with zero attached hydrogens (tertiary/aromatic N) is 3. The molecule has 8 heteroatoms. The van der Waals surface area contributed by atoms with Crippen molar-refractivity contribution in [3.8, 4) is 17.6 Å². The number of phenols is 1. The number of carbonyl (C=O) groups is 2. The molecule has 34 heavy (non-hydrogen) atoms. The van der Waals surface area contributed by atoms with Gasteiger partial charge in [-0.1, -0.05) is 18.9 Å². The van der Waals surface area contributed by atoms with Gasteiger partial charge in [0, 0.05) is 36.9 Å². The summed E-state index contributed by atoms with van der Waals surface area (Å²) in [5, 5.41) is 26.8. The Kier molecular flexibility index (Phi) is 5.93. The Morgan fingerprint density at radius 3 is 2.76 bits per heavy atom. The summed E-state index contributed by atoms with van der Waals surface area (Å²) in [4.78, 5) is 28.0. The normalized spacial score (nSPS) is 15.4. The van der Waals surface area contributed by atoms with Crippen LogP contribution in [0.25, 0.3) is 10.9 Å². The second-order valence-electron chi connectivity index (χ2n) is 9.03. The molecule has 0 spiro atoms. The number of aromatic amines is 1. The fraction of sp³-hybridized carbons (Fsp3) is 0.385. The number of amides is 1. The summed E-state index contributed by atoms with van der Waals surface area (Å²) in [6.07, 6.45) is 4.95. The van der Waals surface area contributed by atoms with Crippen LogP contribution in [0.3, 0.4) is 0 Å². The fourth-order valence-electron chi connectivity index (χ4n) is 4.91. The number of hydrogen-bond acceptors (Lipinski definition) is 6. The SMILES string of the molecule is N#CCCCOc1ccc2c(c1)CN(C(=O)c1cc3c(C(=O)C4CCCC4)n[nH]c3cc1O)C2. The Labute approximate surface area is 197 Å². The number of ether oxygens (including phenoxy) is 1. The topological polar surface area (TPSA) is 119 Å². The van der Waals surface area contributed by atoms with E-state index in [2.05, 4.69) is 16.3 Å². The second kappa shape index (κ2) is 9.18. The molecule has 8 nitrogen and oxygen atoms in total. The molecule has 1 aliphatic heterocycles. The van der Waals surface area contributed by atoms with Crippen molar-refractivity contribution in [2.75, 3.05) is 6.61 Å². The van der Waals surface area contributed by atoms with Crippen LogP contribution >= 0.6 is 0 Å². The number of aromatic hydroxyl groups is 1. The molecule has 0 bridgehead atoms. The Morgan fingerprint density at radius 2 is 1.97 bits per heavy atom. The highest BCUT2D eigenvalue weighted by molar-refractivity contribution is 6.10. The van der Waals surface area contributed by atoms with Crippen LogP contribution in [0.1, 0.15) is 70.5 Å². The van der Waals surface area contributed by atoms with Gasteiger partial charge in [0.05, 0.1) is 23.8 Å². The van der Waals surface area contributed by atoms with E-state index >= 15 is 0 Å². The van der Waals surface area contributed by atoms with E-state index in [0.717, 1.165) is 36.8 Å². The molecule has 2 heterocycles. The molecule has 0 radical (unpaired) electrons. The first-order valence-electron chi connectivity index (χ1n) is 11.7. The standard InChI is InChI=1S/C26H26N4O4/c27-9-3-4-10-34-19-8-7-17-14-30(15-18(17)11-19)26(33)21-12-20-22(13-23(21)31)28-29-24(20)25(32)16-5-1-2-6-16/h7-8,11-13,16,31H,1-6,10,14-15H2,(H,28,29). The van der Waals surface area contributed by atoms with Crippen molar-refractivity contribution in [2.24, 2.45) is 5.92 Å². The largest absolute Gasteiger partial charge is 0.507 e. The third-order valence-electron chi connectivity index (χ3n) is 6.76. The van der Waals surface area contributed by atoms with Gasteiger partial charge < -0.3 is 14.7 Å². The number of nitriles is 1. The Morgan fingerprint density at radius 1 is 1.18 bits per heavy atom. The van der Waals surface area contributed by atoms with Crippen LogP contribution in [0.2, 0.25) is 0 Å². The molecule has 1 saturated carbocycles. The Balaban J connectivity index is 1.35. The zero-order chi connectivity index (χ0) is 23.7. The average Bonchev–Trinajstić information content (AvgIpc) is 3.59. The van der Waals surface area contributed by atoms with Gasteiger partial charge in [-0.15, -0.1) is 0 Å². The van der Waals surface area contributed by atoms with Crippen LogP contribution in [-0.2, 0) is 13.1 Å². The van der Waals surface area contributed by atoms with Crippen molar-refractivity contribution in [3.05, 3.63) is 52.7 Å². The number of unbranched alkanes of at least 4 members (excludes halogenated alkanes) is 1. The van der Waals surface area contributed by atoms with Gasteiger partial charge in [0.2, 0.25) is 0 Å². The van der Waals surface area contributed by atoms with Crippen molar-refractivity contribution < 1.29 is 19.4 Å². The molecule has 1 amide bonds. The van der Waals surface area contributed by atoms with Crippen molar-refractivity contribution in [3.63, 3.8) is 0 Å². The summed E-state index contributed by atoms with van der Waals surface area (Å²) in [5.41, 5.74) is 3.07. The summed E-state index contributed by atoms with van der Waals surface area (Å²) >= 11 is 0. The highest BCUT2D eigenvalue weighted by Gasteiger charge is 2.30. The van der Waals surface area contributed by atoms with Crippen LogP contribution in [0.4, 0.5) is 0 Å². The Bertz CT molecular complexity index is 1300. The number of fused-ring (bicyclic) bond motifs is 2. The summed E-state index contributed by atoms with van der Waals surface area (Å²) in [7, 11) is 0. The number of Topliss-reactive ketones (excluding diaryl/α,β-unsaturated/α-hetero) is 1. The lowest BCUT2D eigenvalue weighted by Gasteiger charge is -2.16. The molecule has 0 atom stereocenters. The lowest BCUT2D eigenvalue weighted by Crippen LogP contribution is -2.25. The number of rotatable bonds is 7. The number of nitrogens with one attached hydrogen (secondary N) is 1. The fourth-order valence-corrected chi connectivity index (χ4v) is 4.91. The third-order valence-corrected chi connectivity index (χ3v) is 6.76. The minimum absolute atomic E-state index is 0.00344. The van der Waals surface area contributed by atoms with Gasteiger partial charge in [-0.3, -0.25) is 14.7 Å².